The van der Waals surface area contributed by atoms with Gasteiger partial charge in [-0.1, -0.05) is 48.0 Å². The van der Waals surface area contributed by atoms with E-state index in [0.29, 0.717) is 11.3 Å². The highest BCUT2D eigenvalue weighted by Gasteiger charge is 2.12. The molecule has 16 heavy (non-hydrogen) atoms. The molecule has 1 N–H and O–H groups in total. The lowest BCUT2D eigenvalue weighted by Gasteiger charge is -2.20. The molecule has 2 unspecified atom stereocenters. The second-order valence-electron chi connectivity index (χ2n) is 3.94. The van der Waals surface area contributed by atoms with Crippen molar-refractivity contribution in [3.63, 3.8) is 0 Å². The molecule has 0 aliphatic carbocycles. The SMILES string of the molecule is CCC(NCC(C)SC)c1ccccc1Br. The molecule has 0 aliphatic heterocycles. The molecule has 0 aliphatic rings. The van der Waals surface area contributed by atoms with Crippen molar-refractivity contribution in [2.45, 2.75) is 31.6 Å². The van der Waals surface area contributed by atoms with Gasteiger partial charge in [-0.2, -0.15) is 11.8 Å². The molecule has 0 radical (unpaired) electrons. The summed E-state index contributed by atoms with van der Waals surface area (Å²) in [7, 11) is 0. The van der Waals surface area contributed by atoms with E-state index < -0.39 is 0 Å². The van der Waals surface area contributed by atoms with Crippen molar-refractivity contribution in [3.05, 3.63) is 34.3 Å². The van der Waals surface area contributed by atoms with E-state index in [4.69, 9.17) is 0 Å². The minimum absolute atomic E-state index is 0.449. The Morgan fingerprint density at radius 2 is 2.06 bits per heavy atom. The fourth-order valence-electron chi connectivity index (χ4n) is 1.62. The van der Waals surface area contributed by atoms with Gasteiger partial charge in [0.2, 0.25) is 0 Å². The highest BCUT2D eigenvalue weighted by molar-refractivity contribution is 9.10. The Kier molecular flexibility index (Phi) is 6.47. The lowest BCUT2D eigenvalue weighted by molar-refractivity contribution is 0.520. The average molecular weight is 302 g/mol. The van der Waals surface area contributed by atoms with Crippen molar-refractivity contribution in [1.82, 2.24) is 5.32 Å². The lowest BCUT2D eigenvalue weighted by atomic mass is 10.0. The third-order valence-corrected chi connectivity index (χ3v) is 4.44. The van der Waals surface area contributed by atoms with Gasteiger partial charge >= 0.3 is 0 Å². The van der Waals surface area contributed by atoms with E-state index in [1.165, 1.54) is 10.0 Å². The third-order valence-electron chi connectivity index (χ3n) is 2.74. The Balaban J connectivity index is 2.64. The van der Waals surface area contributed by atoms with Crippen LogP contribution < -0.4 is 5.32 Å². The number of benzene rings is 1. The van der Waals surface area contributed by atoms with E-state index in [0.717, 1.165) is 13.0 Å². The van der Waals surface area contributed by atoms with Gasteiger partial charge in [0.15, 0.2) is 0 Å². The Labute approximate surface area is 112 Å². The van der Waals surface area contributed by atoms with Crippen LogP contribution in [0.15, 0.2) is 28.7 Å². The molecule has 0 amide bonds. The maximum Gasteiger partial charge on any atom is 0.0329 e. The number of thioether (sulfide) groups is 1. The summed E-state index contributed by atoms with van der Waals surface area (Å²) in [6.45, 7) is 5.53. The molecule has 1 rings (SSSR count). The Bertz CT molecular complexity index is 317. The normalized spacial score (nSPS) is 14.8. The van der Waals surface area contributed by atoms with Gasteiger partial charge in [0.25, 0.3) is 0 Å². The quantitative estimate of drug-likeness (QED) is 0.843. The molecule has 0 bridgehead atoms. The van der Waals surface area contributed by atoms with Crippen LogP contribution in [-0.2, 0) is 0 Å². The van der Waals surface area contributed by atoms with Crippen LogP contribution in [0.25, 0.3) is 0 Å². The Hall–Kier alpha value is 0.01000. The summed E-state index contributed by atoms with van der Waals surface area (Å²) in [5.74, 6) is 0. The fraction of sp³-hybridized carbons (Fsp3) is 0.538. The fourth-order valence-corrected chi connectivity index (χ4v) is 2.45. The number of nitrogens with one attached hydrogen (secondary N) is 1. The molecule has 3 heteroatoms. The van der Waals surface area contributed by atoms with E-state index in [-0.39, 0.29) is 0 Å². The van der Waals surface area contributed by atoms with Crippen LogP contribution in [0.3, 0.4) is 0 Å². The third kappa shape index (κ3) is 4.11. The van der Waals surface area contributed by atoms with Gasteiger partial charge in [0.1, 0.15) is 0 Å². The highest BCUT2D eigenvalue weighted by Crippen LogP contribution is 2.25. The van der Waals surface area contributed by atoms with E-state index in [2.05, 4.69) is 65.6 Å². The lowest BCUT2D eigenvalue weighted by Crippen LogP contribution is -2.27. The molecular formula is C13H20BrNS. The number of rotatable bonds is 6. The van der Waals surface area contributed by atoms with Crippen LogP contribution in [0.1, 0.15) is 31.9 Å². The Morgan fingerprint density at radius 1 is 1.38 bits per heavy atom. The van der Waals surface area contributed by atoms with Crippen molar-refractivity contribution < 1.29 is 0 Å². The average Bonchev–Trinajstić information content (AvgIpc) is 2.31. The van der Waals surface area contributed by atoms with E-state index >= 15 is 0 Å². The van der Waals surface area contributed by atoms with Crippen LogP contribution in [0, 0.1) is 0 Å². The summed E-state index contributed by atoms with van der Waals surface area (Å²) in [6.07, 6.45) is 3.27. The van der Waals surface area contributed by atoms with Crippen LogP contribution in [0.4, 0.5) is 0 Å². The van der Waals surface area contributed by atoms with E-state index in [1.807, 2.05) is 11.8 Å². The first-order valence-electron chi connectivity index (χ1n) is 5.69. The first-order chi connectivity index (χ1) is 7.69. The molecule has 1 aromatic carbocycles. The molecule has 1 nitrogen and oxygen atoms in total. The summed E-state index contributed by atoms with van der Waals surface area (Å²) in [4.78, 5) is 0. The van der Waals surface area contributed by atoms with Gasteiger partial charge in [0, 0.05) is 22.3 Å². The zero-order valence-corrected chi connectivity index (χ0v) is 12.6. The molecular weight excluding hydrogens is 282 g/mol. The largest absolute Gasteiger partial charge is 0.309 e. The van der Waals surface area contributed by atoms with Gasteiger partial charge in [0.05, 0.1) is 0 Å². The van der Waals surface area contributed by atoms with Crippen LogP contribution in [0.2, 0.25) is 0 Å². The topological polar surface area (TPSA) is 12.0 Å². The van der Waals surface area contributed by atoms with Crippen molar-refractivity contribution in [2.75, 3.05) is 12.8 Å². The molecule has 90 valence electrons. The van der Waals surface area contributed by atoms with Gasteiger partial charge in [-0.25, -0.2) is 0 Å². The van der Waals surface area contributed by atoms with Crippen molar-refractivity contribution >= 4 is 27.7 Å². The van der Waals surface area contributed by atoms with E-state index in [1.54, 1.807) is 0 Å². The van der Waals surface area contributed by atoms with Crippen molar-refractivity contribution in [2.24, 2.45) is 0 Å². The van der Waals surface area contributed by atoms with Crippen LogP contribution in [0.5, 0.6) is 0 Å². The minimum atomic E-state index is 0.449. The smallest absolute Gasteiger partial charge is 0.0329 e. The van der Waals surface area contributed by atoms with Crippen molar-refractivity contribution in [1.29, 1.82) is 0 Å². The maximum absolute atomic E-state index is 3.63. The van der Waals surface area contributed by atoms with Crippen molar-refractivity contribution in [3.8, 4) is 0 Å². The summed E-state index contributed by atoms with van der Waals surface area (Å²) < 4.78 is 1.20. The molecule has 0 aromatic heterocycles. The van der Waals surface area contributed by atoms with E-state index in [9.17, 15) is 0 Å². The summed E-state index contributed by atoms with van der Waals surface area (Å²) in [5.41, 5.74) is 1.36. The second-order valence-corrected chi connectivity index (χ2v) is 6.07. The summed E-state index contributed by atoms with van der Waals surface area (Å²) in [6, 6.07) is 8.91. The molecule has 0 fully saturated rings. The standard InChI is InChI=1S/C13H20BrNS/c1-4-13(15-9-10(2)16-3)11-7-5-6-8-12(11)14/h5-8,10,13,15H,4,9H2,1-3H3. The predicted octanol–water partition coefficient (Wildman–Crippen LogP) is 4.24. The molecule has 0 saturated heterocycles. The number of halogens is 1. The summed E-state index contributed by atoms with van der Waals surface area (Å²) in [5, 5.41) is 4.29. The first-order valence-corrected chi connectivity index (χ1v) is 7.77. The molecule has 0 spiro atoms. The number of hydrogen-bond donors (Lipinski definition) is 1. The minimum Gasteiger partial charge on any atom is -0.309 e. The Morgan fingerprint density at radius 3 is 2.62 bits per heavy atom. The number of hydrogen-bond acceptors (Lipinski definition) is 2. The second kappa shape index (κ2) is 7.36. The first kappa shape index (κ1) is 14.1. The van der Waals surface area contributed by atoms with Gasteiger partial charge in [-0.3, -0.25) is 0 Å². The van der Waals surface area contributed by atoms with Gasteiger partial charge < -0.3 is 5.32 Å². The summed E-state index contributed by atoms with van der Waals surface area (Å²) >= 11 is 5.52. The molecule has 0 saturated carbocycles. The maximum atomic E-state index is 3.63. The monoisotopic (exact) mass is 301 g/mol. The molecule has 0 heterocycles. The zero-order chi connectivity index (χ0) is 12.0. The van der Waals surface area contributed by atoms with Gasteiger partial charge in [-0.15, -0.1) is 0 Å². The molecule has 2 atom stereocenters. The highest BCUT2D eigenvalue weighted by atomic mass is 79.9. The van der Waals surface area contributed by atoms with Crippen LogP contribution >= 0.6 is 27.7 Å². The van der Waals surface area contributed by atoms with Gasteiger partial charge in [-0.05, 0) is 24.3 Å². The zero-order valence-electron chi connectivity index (χ0n) is 10.2. The molecule has 1 aromatic rings. The predicted molar refractivity (Wildman–Crippen MR) is 78.2 cm³/mol. The van der Waals surface area contributed by atoms with Crippen LogP contribution in [-0.4, -0.2) is 18.1 Å².